The molecule has 1 atom stereocenters. The van der Waals surface area contributed by atoms with E-state index >= 15 is 0 Å². The van der Waals surface area contributed by atoms with E-state index in [4.69, 9.17) is 0 Å². The van der Waals surface area contributed by atoms with Crippen LogP contribution in [0.2, 0.25) is 0 Å². The summed E-state index contributed by atoms with van der Waals surface area (Å²) < 4.78 is 0. The minimum atomic E-state index is -0.532. The van der Waals surface area contributed by atoms with Crippen molar-refractivity contribution in [2.45, 2.75) is 26.3 Å². The van der Waals surface area contributed by atoms with Crippen molar-refractivity contribution < 1.29 is 14.5 Å². The topological polar surface area (TPSA) is 101 Å². The normalized spacial score (nSPS) is 11.4. The van der Waals surface area contributed by atoms with Gasteiger partial charge in [-0.05, 0) is 37.6 Å². The zero-order chi connectivity index (χ0) is 18.4. The van der Waals surface area contributed by atoms with Crippen LogP contribution in [-0.4, -0.2) is 22.8 Å². The number of carbonyl (C=O) groups excluding carboxylic acids is 2. The van der Waals surface area contributed by atoms with Crippen LogP contribution >= 0.6 is 0 Å². The number of non-ortho nitro benzene ring substituents is 1. The number of rotatable bonds is 6. The highest BCUT2D eigenvalue weighted by atomic mass is 16.6. The molecule has 0 bridgehead atoms. The first kappa shape index (κ1) is 18.1. The second-order valence-corrected chi connectivity index (χ2v) is 5.59. The molecule has 0 aliphatic carbocycles. The summed E-state index contributed by atoms with van der Waals surface area (Å²) in [6.45, 7) is 3.86. The van der Waals surface area contributed by atoms with Gasteiger partial charge in [0.15, 0.2) is 0 Å². The van der Waals surface area contributed by atoms with Crippen LogP contribution in [0.4, 0.5) is 11.4 Å². The highest BCUT2D eigenvalue weighted by molar-refractivity contribution is 6.09. The Hall–Kier alpha value is -3.22. The Labute approximate surface area is 145 Å². The molecule has 0 fully saturated rings. The lowest BCUT2D eigenvalue weighted by Gasteiger charge is -2.14. The lowest BCUT2D eigenvalue weighted by Crippen LogP contribution is -2.32. The molecule has 7 heteroatoms. The highest BCUT2D eigenvalue weighted by Gasteiger charge is 2.16. The van der Waals surface area contributed by atoms with E-state index in [1.54, 1.807) is 24.3 Å². The molecule has 25 heavy (non-hydrogen) atoms. The Kier molecular flexibility index (Phi) is 5.84. The largest absolute Gasteiger partial charge is 0.350 e. The first-order valence-electron chi connectivity index (χ1n) is 7.88. The molecular weight excluding hydrogens is 322 g/mol. The molecule has 2 aromatic rings. The molecule has 0 aliphatic rings. The van der Waals surface area contributed by atoms with E-state index in [0.717, 1.165) is 6.42 Å². The molecular formula is C18H19N3O4. The monoisotopic (exact) mass is 341 g/mol. The molecule has 2 rings (SSSR count). The number of hydrogen-bond acceptors (Lipinski definition) is 4. The molecule has 2 amide bonds. The van der Waals surface area contributed by atoms with Gasteiger partial charge in [0, 0.05) is 23.7 Å². The van der Waals surface area contributed by atoms with Gasteiger partial charge in [-0.15, -0.1) is 0 Å². The second kappa shape index (κ2) is 8.05. The fourth-order valence-corrected chi connectivity index (χ4v) is 2.12. The Morgan fingerprint density at radius 2 is 1.72 bits per heavy atom. The van der Waals surface area contributed by atoms with E-state index in [0.29, 0.717) is 11.3 Å². The third-order valence-electron chi connectivity index (χ3n) is 3.75. The minimum absolute atomic E-state index is 0.0194. The predicted molar refractivity (Wildman–Crippen MR) is 94.7 cm³/mol. The van der Waals surface area contributed by atoms with Gasteiger partial charge in [-0.25, -0.2) is 0 Å². The smallest absolute Gasteiger partial charge is 0.269 e. The molecule has 0 heterocycles. The Balaban J connectivity index is 2.18. The Bertz CT molecular complexity index is 787. The summed E-state index contributed by atoms with van der Waals surface area (Å²) in [7, 11) is 0. The SMILES string of the molecule is CCC(C)NC(=O)c1ccccc1NC(=O)c1ccc([N+](=O)[O-])cc1. The number of carbonyl (C=O) groups is 2. The molecule has 0 radical (unpaired) electrons. The van der Waals surface area contributed by atoms with Crippen molar-refractivity contribution in [1.82, 2.24) is 5.32 Å². The Morgan fingerprint density at radius 1 is 1.08 bits per heavy atom. The summed E-state index contributed by atoms with van der Waals surface area (Å²) in [6.07, 6.45) is 0.795. The van der Waals surface area contributed by atoms with Crippen LogP contribution in [0.3, 0.4) is 0 Å². The molecule has 0 saturated heterocycles. The van der Waals surface area contributed by atoms with Crippen LogP contribution in [-0.2, 0) is 0 Å². The van der Waals surface area contributed by atoms with Crippen LogP contribution in [0.25, 0.3) is 0 Å². The minimum Gasteiger partial charge on any atom is -0.350 e. The van der Waals surface area contributed by atoms with Gasteiger partial charge in [0.1, 0.15) is 0 Å². The van der Waals surface area contributed by atoms with Gasteiger partial charge in [0.2, 0.25) is 0 Å². The quantitative estimate of drug-likeness (QED) is 0.621. The number of nitro groups is 1. The lowest BCUT2D eigenvalue weighted by atomic mass is 10.1. The highest BCUT2D eigenvalue weighted by Crippen LogP contribution is 2.18. The Morgan fingerprint density at radius 3 is 2.32 bits per heavy atom. The van der Waals surface area contributed by atoms with Crippen LogP contribution in [0.1, 0.15) is 41.0 Å². The van der Waals surface area contributed by atoms with Crippen LogP contribution in [0.15, 0.2) is 48.5 Å². The number of benzene rings is 2. The van der Waals surface area contributed by atoms with Gasteiger partial charge in [0.25, 0.3) is 17.5 Å². The van der Waals surface area contributed by atoms with E-state index in [9.17, 15) is 19.7 Å². The average molecular weight is 341 g/mol. The third kappa shape index (κ3) is 4.63. The van der Waals surface area contributed by atoms with Crippen molar-refractivity contribution >= 4 is 23.2 Å². The second-order valence-electron chi connectivity index (χ2n) is 5.59. The zero-order valence-corrected chi connectivity index (χ0v) is 14.0. The summed E-state index contributed by atoms with van der Waals surface area (Å²) in [5.41, 5.74) is 0.914. The number of nitrogens with zero attached hydrogens (tertiary/aromatic N) is 1. The molecule has 130 valence electrons. The van der Waals surface area contributed by atoms with Crippen molar-refractivity contribution in [2.75, 3.05) is 5.32 Å². The first-order valence-corrected chi connectivity index (χ1v) is 7.88. The van der Waals surface area contributed by atoms with Crippen molar-refractivity contribution in [1.29, 1.82) is 0 Å². The summed E-state index contributed by atoms with van der Waals surface area (Å²) in [6, 6.07) is 12.0. The molecule has 0 aromatic heterocycles. The van der Waals surface area contributed by atoms with Crippen molar-refractivity contribution in [3.63, 3.8) is 0 Å². The molecule has 1 unspecified atom stereocenters. The van der Waals surface area contributed by atoms with Crippen LogP contribution < -0.4 is 10.6 Å². The van der Waals surface area contributed by atoms with Crippen molar-refractivity contribution in [3.8, 4) is 0 Å². The van der Waals surface area contributed by atoms with E-state index < -0.39 is 10.8 Å². The number of hydrogen-bond donors (Lipinski definition) is 2. The molecule has 0 spiro atoms. The summed E-state index contributed by atoms with van der Waals surface area (Å²) in [5, 5.41) is 16.2. The zero-order valence-electron chi connectivity index (χ0n) is 14.0. The number of nitrogens with one attached hydrogen (secondary N) is 2. The van der Waals surface area contributed by atoms with Crippen molar-refractivity contribution in [2.24, 2.45) is 0 Å². The number of anilines is 1. The van der Waals surface area contributed by atoms with E-state index in [2.05, 4.69) is 10.6 Å². The first-order chi connectivity index (χ1) is 11.9. The summed E-state index contributed by atoms with van der Waals surface area (Å²) in [4.78, 5) is 34.8. The maximum Gasteiger partial charge on any atom is 0.269 e. The molecule has 2 aromatic carbocycles. The van der Waals surface area contributed by atoms with Gasteiger partial charge < -0.3 is 10.6 Å². The van der Waals surface area contributed by atoms with Crippen LogP contribution in [0, 0.1) is 10.1 Å². The molecule has 0 saturated carbocycles. The summed E-state index contributed by atoms with van der Waals surface area (Å²) >= 11 is 0. The van der Waals surface area contributed by atoms with Gasteiger partial charge >= 0.3 is 0 Å². The standard InChI is InChI=1S/C18H19N3O4/c1-3-12(2)19-18(23)15-6-4-5-7-16(15)20-17(22)13-8-10-14(11-9-13)21(24)25/h4-12H,3H2,1-2H3,(H,19,23)(H,20,22). The number of amides is 2. The predicted octanol–water partition coefficient (Wildman–Crippen LogP) is 3.38. The van der Waals surface area contributed by atoms with E-state index in [-0.39, 0.29) is 23.2 Å². The molecule has 0 aliphatic heterocycles. The van der Waals surface area contributed by atoms with Gasteiger partial charge in [-0.1, -0.05) is 19.1 Å². The molecule has 7 nitrogen and oxygen atoms in total. The fraction of sp³-hybridized carbons (Fsp3) is 0.222. The maximum absolute atomic E-state index is 12.3. The van der Waals surface area contributed by atoms with E-state index in [1.165, 1.54) is 24.3 Å². The van der Waals surface area contributed by atoms with Gasteiger partial charge in [-0.2, -0.15) is 0 Å². The maximum atomic E-state index is 12.3. The number of nitro benzene ring substituents is 1. The van der Waals surface area contributed by atoms with E-state index in [1.807, 2.05) is 13.8 Å². The summed E-state index contributed by atoms with van der Waals surface area (Å²) in [5.74, 6) is -0.715. The van der Waals surface area contributed by atoms with Crippen LogP contribution in [0.5, 0.6) is 0 Å². The fourth-order valence-electron chi connectivity index (χ4n) is 2.12. The third-order valence-corrected chi connectivity index (χ3v) is 3.75. The van der Waals surface area contributed by atoms with Crippen molar-refractivity contribution in [3.05, 3.63) is 69.8 Å². The molecule has 2 N–H and O–H groups in total. The average Bonchev–Trinajstić information content (AvgIpc) is 2.61. The number of para-hydroxylation sites is 1. The van der Waals surface area contributed by atoms with Gasteiger partial charge in [0.05, 0.1) is 16.2 Å². The lowest BCUT2D eigenvalue weighted by molar-refractivity contribution is -0.384. The van der Waals surface area contributed by atoms with Gasteiger partial charge in [-0.3, -0.25) is 19.7 Å².